The van der Waals surface area contributed by atoms with Crippen molar-refractivity contribution in [3.05, 3.63) is 12.2 Å². The third kappa shape index (κ3) is 17.2. The molecule has 0 radical (unpaired) electrons. The number of hydrogen-bond acceptors (Lipinski definition) is 8. The quantitative estimate of drug-likeness (QED) is 0.103. The molecule has 0 aromatic carbocycles. The minimum Gasteiger partial charge on any atom is -0.481 e. The number of methoxy groups -OCH3 is 1. The Bertz CT molecular complexity index is 843. The van der Waals surface area contributed by atoms with Gasteiger partial charge in [0.1, 0.15) is 6.04 Å². The smallest absolute Gasteiger partial charge is 0.328 e. The molecule has 1 saturated carbocycles. The van der Waals surface area contributed by atoms with Crippen molar-refractivity contribution in [2.75, 3.05) is 20.2 Å². The Morgan fingerprint density at radius 1 is 0.950 bits per heavy atom. The summed E-state index contributed by atoms with van der Waals surface area (Å²) in [5, 5.41) is 13.8. The summed E-state index contributed by atoms with van der Waals surface area (Å²) in [6.45, 7) is 0.655. The minimum atomic E-state index is -1.04. The number of amides is 4. The van der Waals surface area contributed by atoms with Crippen molar-refractivity contribution in [2.45, 2.75) is 102 Å². The number of carbonyl (C=O) groups is 6. The van der Waals surface area contributed by atoms with Crippen LogP contribution in [0.15, 0.2) is 12.2 Å². The van der Waals surface area contributed by atoms with Crippen LogP contribution in [0.5, 0.6) is 0 Å². The van der Waals surface area contributed by atoms with E-state index < -0.39 is 18.0 Å². The average Bonchev–Trinajstić information content (AvgIpc) is 3.23. The number of hydrogen-bond donors (Lipinski definition) is 4. The van der Waals surface area contributed by atoms with Crippen LogP contribution in [-0.2, 0) is 54.6 Å². The van der Waals surface area contributed by atoms with Gasteiger partial charge in [0.05, 0.1) is 13.5 Å². The molecule has 230 valence electrons. The SMILES string of the molecule is COC(=O)C(CCCCNC(=O)CCC(=O)O)NC(=O)CCCCCN1C(=O)C=CC1=O.NC1CCCCC1.[Pt]. The number of imide groups is 1. The number of rotatable bonds is 16. The van der Waals surface area contributed by atoms with E-state index in [2.05, 4.69) is 10.6 Å². The second kappa shape index (κ2) is 22.1. The zero-order chi connectivity index (χ0) is 29.0. The first kappa shape index (κ1) is 37.4. The third-order valence-corrected chi connectivity index (χ3v) is 6.46. The van der Waals surface area contributed by atoms with Crippen LogP contribution in [0.2, 0.25) is 0 Å². The zero-order valence-corrected chi connectivity index (χ0v) is 25.5. The van der Waals surface area contributed by atoms with Crippen LogP contribution >= 0.6 is 0 Å². The number of carboxylic acids is 1. The number of ether oxygens (including phenoxy) is 1. The molecule has 0 aromatic heterocycles. The van der Waals surface area contributed by atoms with Crippen molar-refractivity contribution < 1.29 is 59.7 Å². The van der Waals surface area contributed by atoms with Crippen LogP contribution in [0, 0.1) is 0 Å². The molecular weight excluding hydrogens is 703 g/mol. The van der Waals surface area contributed by atoms with E-state index in [1.807, 2.05) is 0 Å². The Morgan fingerprint density at radius 2 is 1.60 bits per heavy atom. The van der Waals surface area contributed by atoms with E-state index in [4.69, 9.17) is 15.6 Å². The first-order chi connectivity index (χ1) is 18.6. The van der Waals surface area contributed by atoms with Gasteiger partial charge in [-0.1, -0.05) is 25.7 Å². The molecule has 0 saturated heterocycles. The van der Waals surface area contributed by atoms with E-state index in [-0.39, 0.29) is 64.0 Å². The van der Waals surface area contributed by atoms with E-state index in [0.717, 1.165) is 4.90 Å². The standard InChI is InChI=1S/C21H31N3O8.C6H13N.Pt/c1-32-21(31)15(7-4-5-13-22-16(25)9-12-20(29)30)23-17(26)8-3-2-6-14-24-18(27)10-11-19(24)28;7-6-4-2-1-3-5-6;/h10-11,15H,2-9,12-14H2,1H3,(H,22,25)(H,23,26)(H,29,30);6H,1-5,7H2;. The predicted molar refractivity (Wildman–Crippen MR) is 143 cm³/mol. The molecule has 40 heavy (non-hydrogen) atoms. The predicted octanol–water partition coefficient (Wildman–Crippen LogP) is 1.56. The number of nitrogens with one attached hydrogen (secondary N) is 2. The second-order valence-electron chi connectivity index (χ2n) is 9.75. The van der Waals surface area contributed by atoms with Gasteiger partial charge >= 0.3 is 11.9 Å². The number of esters is 1. The number of aliphatic carboxylic acids is 1. The Balaban J connectivity index is 0.00000164. The van der Waals surface area contributed by atoms with Gasteiger partial charge in [0.2, 0.25) is 11.8 Å². The van der Waals surface area contributed by atoms with E-state index in [0.29, 0.717) is 57.7 Å². The zero-order valence-electron chi connectivity index (χ0n) is 23.3. The van der Waals surface area contributed by atoms with Gasteiger partial charge in [0, 0.05) is 65.2 Å². The molecule has 12 nitrogen and oxygen atoms in total. The molecule has 5 N–H and O–H groups in total. The molecule has 1 unspecified atom stereocenters. The van der Waals surface area contributed by atoms with Crippen LogP contribution in [0.3, 0.4) is 0 Å². The Labute approximate surface area is 250 Å². The number of carbonyl (C=O) groups excluding carboxylic acids is 5. The molecule has 0 aromatic rings. The first-order valence-electron chi connectivity index (χ1n) is 13.8. The number of carboxylic acid groups (broad SMARTS) is 1. The molecule has 0 bridgehead atoms. The summed E-state index contributed by atoms with van der Waals surface area (Å²) in [4.78, 5) is 70.0. The molecule has 2 rings (SSSR count). The normalized spacial score (nSPS) is 15.4. The van der Waals surface area contributed by atoms with Crippen molar-refractivity contribution >= 4 is 35.6 Å². The number of unbranched alkanes of at least 4 members (excludes halogenated alkanes) is 3. The van der Waals surface area contributed by atoms with Gasteiger partial charge in [-0.05, 0) is 44.9 Å². The van der Waals surface area contributed by atoms with Crippen molar-refractivity contribution in [3.63, 3.8) is 0 Å². The van der Waals surface area contributed by atoms with Gasteiger partial charge in [0.25, 0.3) is 11.8 Å². The van der Waals surface area contributed by atoms with Crippen LogP contribution in [0.25, 0.3) is 0 Å². The van der Waals surface area contributed by atoms with Crippen molar-refractivity contribution in [3.8, 4) is 0 Å². The number of nitrogens with zero attached hydrogens (tertiary/aromatic N) is 1. The van der Waals surface area contributed by atoms with Gasteiger partial charge in [-0.2, -0.15) is 0 Å². The number of nitrogens with two attached hydrogens (primary N) is 1. The van der Waals surface area contributed by atoms with Crippen molar-refractivity contribution in [1.29, 1.82) is 0 Å². The second-order valence-corrected chi connectivity index (χ2v) is 9.75. The molecular formula is C27H44N4O8Pt. The van der Waals surface area contributed by atoms with Crippen LogP contribution in [0.4, 0.5) is 0 Å². The fourth-order valence-electron chi connectivity index (χ4n) is 4.19. The molecule has 1 fully saturated rings. The summed E-state index contributed by atoms with van der Waals surface area (Å²) in [7, 11) is 1.24. The summed E-state index contributed by atoms with van der Waals surface area (Å²) in [6.07, 6.45) is 12.2. The summed E-state index contributed by atoms with van der Waals surface area (Å²) < 4.78 is 4.73. The summed E-state index contributed by atoms with van der Waals surface area (Å²) >= 11 is 0. The molecule has 1 aliphatic carbocycles. The van der Waals surface area contributed by atoms with Gasteiger partial charge in [-0.3, -0.25) is 28.9 Å². The van der Waals surface area contributed by atoms with Gasteiger partial charge in [0.15, 0.2) is 0 Å². The Kier molecular flexibility index (Phi) is 20.7. The third-order valence-electron chi connectivity index (χ3n) is 6.46. The van der Waals surface area contributed by atoms with Gasteiger partial charge < -0.3 is 26.2 Å². The largest absolute Gasteiger partial charge is 0.481 e. The molecule has 13 heteroatoms. The molecule has 1 aliphatic heterocycles. The average molecular weight is 748 g/mol. The maximum absolute atomic E-state index is 12.1. The van der Waals surface area contributed by atoms with E-state index >= 15 is 0 Å². The summed E-state index contributed by atoms with van der Waals surface area (Å²) in [5.41, 5.74) is 5.63. The van der Waals surface area contributed by atoms with Gasteiger partial charge in [-0.15, -0.1) is 0 Å². The molecule has 0 spiro atoms. The monoisotopic (exact) mass is 747 g/mol. The van der Waals surface area contributed by atoms with E-state index in [9.17, 15) is 28.8 Å². The van der Waals surface area contributed by atoms with Crippen LogP contribution in [-0.4, -0.2) is 77.9 Å². The Morgan fingerprint density at radius 3 is 2.15 bits per heavy atom. The molecule has 1 atom stereocenters. The fraction of sp³-hybridized carbons (Fsp3) is 0.704. The molecule has 1 heterocycles. The van der Waals surface area contributed by atoms with Crippen molar-refractivity contribution in [1.82, 2.24) is 15.5 Å². The maximum atomic E-state index is 12.1. The fourth-order valence-corrected chi connectivity index (χ4v) is 4.19. The van der Waals surface area contributed by atoms with Crippen molar-refractivity contribution in [2.24, 2.45) is 5.73 Å². The van der Waals surface area contributed by atoms with E-state index in [1.165, 1.54) is 51.4 Å². The first-order valence-corrected chi connectivity index (χ1v) is 13.8. The van der Waals surface area contributed by atoms with Crippen LogP contribution < -0.4 is 16.4 Å². The van der Waals surface area contributed by atoms with Gasteiger partial charge in [-0.25, -0.2) is 4.79 Å². The van der Waals surface area contributed by atoms with Crippen LogP contribution in [0.1, 0.15) is 89.9 Å². The maximum Gasteiger partial charge on any atom is 0.328 e. The molecule has 4 amide bonds. The Hall–Kier alpha value is -2.59. The summed E-state index contributed by atoms with van der Waals surface area (Å²) in [5.74, 6) is -2.88. The summed E-state index contributed by atoms with van der Waals surface area (Å²) in [6, 6.07) is -0.255. The topological polar surface area (TPSA) is 185 Å². The van der Waals surface area contributed by atoms with E-state index in [1.54, 1.807) is 0 Å². The minimum absolute atomic E-state index is 0. The molecule has 2 aliphatic rings.